The standard InChI is InChI=1S/C24H31N3O3/c28-21(17-27-13-10-18-4-1-2-5-20(18)16-27)15-26-24(29)19-6-3-7-23(14-19)30-22-8-11-25-12-9-22/h1-7,14,21-22,25,28H,8-13,15-17H2,(H,26,29). The molecule has 1 saturated heterocycles. The summed E-state index contributed by atoms with van der Waals surface area (Å²) in [5.41, 5.74) is 3.27. The number of carbonyl (C=O) groups excluding carboxylic acids is 1. The molecule has 2 aliphatic rings. The van der Waals surface area contributed by atoms with Crippen molar-refractivity contribution in [3.63, 3.8) is 0 Å². The molecular formula is C24H31N3O3. The monoisotopic (exact) mass is 409 g/mol. The number of nitrogens with one attached hydrogen (secondary N) is 2. The molecule has 2 aromatic rings. The van der Waals surface area contributed by atoms with Gasteiger partial charge >= 0.3 is 0 Å². The SMILES string of the molecule is O=C(NCC(O)CN1CCc2ccccc2C1)c1cccc(OC2CCNCC2)c1. The van der Waals surface area contributed by atoms with Crippen LogP contribution in [0.1, 0.15) is 34.3 Å². The predicted molar refractivity (Wildman–Crippen MR) is 117 cm³/mol. The topological polar surface area (TPSA) is 73.8 Å². The summed E-state index contributed by atoms with van der Waals surface area (Å²) in [5.74, 6) is 0.538. The van der Waals surface area contributed by atoms with E-state index in [4.69, 9.17) is 4.74 Å². The summed E-state index contributed by atoms with van der Waals surface area (Å²) in [6.45, 7) is 4.48. The molecule has 0 saturated carbocycles. The molecule has 0 aromatic heterocycles. The molecule has 6 nitrogen and oxygen atoms in total. The van der Waals surface area contributed by atoms with Crippen molar-refractivity contribution in [1.29, 1.82) is 0 Å². The van der Waals surface area contributed by atoms with Crippen LogP contribution in [-0.2, 0) is 13.0 Å². The molecule has 2 aromatic carbocycles. The van der Waals surface area contributed by atoms with E-state index in [1.807, 2.05) is 12.1 Å². The fraction of sp³-hybridized carbons (Fsp3) is 0.458. The molecule has 1 unspecified atom stereocenters. The van der Waals surface area contributed by atoms with Crippen molar-refractivity contribution >= 4 is 5.91 Å². The predicted octanol–water partition coefficient (Wildman–Crippen LogP) is 1.97. The van der Waals surface area contributed by atoms with E-state index in [9.17, 15) is 9.90 Å². The first-order chi connectivity index (χ1) is 14.7. The van der Waals surface area contributed by atoms with Crippen LogP contribution in [0, 0.1) is 0 Å². The third kappa shape index (κ3) is 5.59. The fourth-order valence-corrected chi connectivity index (χ4v) is 4.20. The van der Waals surface area contributed by atoms with E-state index in [0.29, 0.717) is 12.1 Å². The summed E-state index contributed by atoms with van der Waals surface area (Å²) in [4.78, 5) is 14.8. The van der Waals surface area contributed by atoms with Gasteiger partial charge in [0.25, 0.3) is 5.91 Å². The summed E-state index contributed by atoms with van der Waals surface area (Å²) in [6.07, 6.45) is 2.54. The highest BCUT2D eigenvalue weighted by atomic mass is 16.5. The van der Waals surface area contributed by atoms with Crippen LogP contribution in [0.25, 0.3) is 0 Å². The zero-order chi connectivity index (χ0) is 20.8. The average molecular weight is 410 g/mol. The summed E-state index contributed by atoms with van der Waals surface area (Å²) >= 11 is 0. The molecule has 0 spiro atoms. The lowest BCUT2D eigenvalue weighted by Crippen LogP contribution is -2.42. The number of carbonyl (C=O) groups is 1. The average Bonchev–Trinajstić information content (AvgIpc) is 2.78. The van der Waals surface area contributed by atoms with Gasteiger partial charge in [-0.15, -0.1) is 0 Å². The van der Waals surface area contributed by atoms with Gasteiger partial charge in [0, 0.05) is 31.7 Å². The number of nitrogens with zero attached hydrogens (tertiary/aromatic N) is 1. The second kappa shape index (κ2) is 10.1. The molecule has 1 atom stereocenters. The van der Waals surface area contributed by atoms with Gasteiger partial charge in [-0.2, -0.15) is 0 Å². The molecule has 2 heterocycles. The zero-order valence-corrected chi connectivity index (χ0v) is 17.3. The van der Waals surface area contributed by atoms with E-state index in [0.717, 1.165) is 51.2 Å². The first-order valence-corrected chi connectivity index (χ1v) is 10.9. The van der Waals surface area contributed by atoms with Gasteiger partial charge in [-0.05, 0) is 61.7 Å². The van der Waals surface area contributed by atoms with Gasteiger partial charge in [0.2, 0.25) is 0 Å². The van der Waals surface area contributed by atoms with Crippen LogP contribution in [0.2, 0.25) is 0 Å². The number of hydrogen-bond acceptors (Lipinski definition) is 5. The Labute approximate surface area is 178 Å². The second-order valence-electron chi connectivity index (χ2n) is 8.21. The van der Waals surface area contributed by atoms with Crippen LogP contribution in [0.3, 0.4) is 0 Å². The number of ether oxygens (including phenoxy) is 1. The fourth-order valence-electron chi connectivity index (χ4n) is 4.20. The molecule has 6 heteroatoms. The van der Waals surface area contributed by atoms with E-state index in [1.165, 1.54) is 11.1 Å². The van der Waals surface area contributed by atoms with E-state index < -0.39 is 6.10 Å². The molecule has 30 heavy (non-hydrogen) atoms. The van der Waals surface area contributed by atoms with Crippen molar-refractivity contribution in [1.82, 2.24) is 15.5 Å². The van der Waals surface area contributed by atoms with Crippen molar-refractivity contribution < 1.29 is 14.6 Å². The van der Waals surface area contributed by atoms with E-state index in [1.54, 1.807) is 12.1 Å². The Morgan fingerprint density at radius 3 is 2.80 bits per heavy atom. The van der Waals surface area contributed by atoms with Gasteiger partial charge in [-0.3, -0.25) is 9.69 Å². The lowest BCUT2D eigenvalue weighted by Gasteiger charge is -2.30. The lowest BCUT2D eigenvalue weighted by atomic mass is 10.00. The Bertz CT molecular complexity index is 851. The first-order valence-electron chi connectivity index (χ1n) is 10.9. The number of piperidine rings is 1. The number of hydrogen-bond donors (Lipinski definition) is 3. The van der Waals surface area contributed by atoms with Gasteiger partial charge in [-0.25, -0.2) is 0 Å². The first kappa shape index (κ1) is 20.8. The zero-order valence-electron chi connectivity index (χ0n) is 17.3. The molecule has 4 rings (SSSR count). The van der Waals surface area contributed by atoms with Crippen LogP contribution in [0.15, 0.2) is 48.5 Å². The van der Waals surface area contributed by atoms with Crippen LogP contribution >= 0.6 is 0 Å². The van der Waals surface area contributed by atoms with Crippen LogP contribution in [-0.4, -0.2) is 60.8 Å². The number of aliphatic hydroxyl groups is 1. The Balaban J connectivity index is 1.24. The van der Waals surface area contributed by atoms with Gasteiger partial charge in [0.15, 0.2) is 0 Å². The van der Waals surface area contributed by atoms with Crippen LogP contribution < -0.4 is 15.4 Å². The number of fused-ring (bicyclic) bond motifs is 1. The number of benzene rings is 2. The van der Waals surface area contributed by atoms with E-state index in [2.05, 4.69) is 39.8 Å². The van der Waals surface area contributed by atoms with Crippen molar-refractivity contribution in [3.8, 4) is 5.75 Å². The minimum atomic E-state index is -0.603. The maximum Gasteiger partial charge on any atom is 0.251 e. The van der Waals surface area contributed by atoms with E-state index in [-0.39, 0.29) is 18.6 Å². The highest BCUT2D eigenvalue weighted by molar-refractivity contribution is 5.94. The summed E-state index contributed by atoms with van der Waals surface area (Å²) in [7, 11) is 0. The number of aliphatic hydroxyl groups excluding tert-OH is 1. The normalized spacial score (nSPS) is 18.4. The second-order valence-corrected chi connectivity index (χ2v) is 8.21. The highest BCUT2D eigenvalue weighted by Gasteiger charge is 2.19. The Kier molecular flexibility index (Phi) is 7.00. The lowest BCUT2D eigenvalue weighted by molar-refractivity contribution is 0.0841. The molecule has 1 fully saturated rings. The number of amides is 1. The van der Waals surface area contributed by atoms with Crippen molar-refractivity contribution in [2.75, 3.05) is 32.7 Å². The summed E-state index contributed by atoms with van der Waals surface area (Å²) in [5, 5.41) is 16.6. The highest BCUT2D eigenvalue weighted by Crippen LogP contribution is 2.19. The number of rotatable bonds is 7. The number of β-amino-alcohol motifs (C(OH)–C–C–N with tert-alkyl or cyclic N) is 1. The molecule has 1 amide bonds. The minimum Gasteiger partial charge on any atom is -0.490 e. The van der Waals surface area contributed by atoms with Gasteiger partial charge < -0.3 is 20.5 Å². The molecule has 0 radical (unpaired) electrons. The van der Waals surface area contributed by atoms with Gasteiger partial charge in [-0.1, -0.05) is 30.3 Å². The maximum atomic E-state index is 12.5. The molecule has 2 aliphatic heterocycles. The Hall–Kier alpha value is -2.41. The summed E-state index contributed by atoms with van der Waals surface area (Å²) in [6, 6.07) is 15.7. The minimum absolute atomic E-state index is 0.186. The van der Waals surface area contributed by atoms with Crippen LogP contribution in [0.4, 0.5) is 0 Å². The molecule has 3 N–H and O–H groups in total. The molecule has 0 aliphatic carbocycles. The third-order valence-corrected chi connectivity index (χ3v) is 5.86. The summed E-state index contributed by atoms with van der Waals surface area (Å²) < 4.78 is 6.02. The molecule has 160 valence electrons. The smallest absolute Gasteiger partial charge is 0.251 e. The molecular weight excluding hydrogens is 378 g/mol. The van der Waals surface area contributed by atoms with Crippen molar-refractivity contribution in [2.45, 2.75) is 38.0 Å². The van der Waals surface area contributed by atoms with Crippen molar-refractivity contribution in [2.24, 2.45) is 0 Å². The molecule has 0 bridgehead atoms. The van der Waals surface area contributed by atoms with Crippen LogP contribution in [0.5, 0.6) is 5.75 Å². The third-order valence-electron chi connectivity index (χ3n) is 5.86. The van der Waals surface area contributed by atoms with E-state index >= 15 is 0 Å². The van der Waals surface area contributed by atoms with Gasteiger partial charge in [0.05, 0.1) is 6.10 Å². The maximum absolute atomic E-state index is 12.5. The van der Waals surface area contributed by atoms with Crippen molar-refractivity contribution in [3.05, 3.63) is 65.2 Å². The Morgan fingerprint density at radius 1 is 1.17 bits per heavy atom. The largest absolute Gasteiger partial charge is 0.490 e. The van der Waals surface area contributed by atoms with Gasteiger partial charge in [0.1, 0.15) is 11.9 Å². The Morgan fingerprint density at radius 2 is 1.97 bits per heavy atom. The quantitative estimate of drug-likeness (QED) is 0.652.